The van der Waals surface area contributed by atoms with E-state index in [-0.39, 0.29) is 11.8 Å². The zero-order valence-corrected chi connectivity index (χ0v) is 11.1. The molecule has 0 aliphatic carbocycles. The molecule has 0 saturated heterocycles. The van der Waals surface area contributed by atoms with Crippen LogP contribution in [-0.2, 0) is 12.8 Å². The van der Waals surface area contributed by atoms with Crippen molar-refractivity contribution in [2.75, 3.05) is 0 Å². The summed E-state index contributed by atoms with van der Waals surface area (Å²) in [6, 6.07) is 8.10. The van der Waals surface area contributed by atoms with Crippen LogP contribution in [0.1, 0.15) is 25.0 Å². The topological polar surface area (TPSA) is 92.5 Å². The first kappa shape index (κ1) is 15.1. The Morgan fingerprint density at radius 3 is 1.67 bits per heavy atom. The number of benzene rings is 1. The molecule has 0 spiro atoms. The van der Waals surface area contributed by atoms with E-state index >= 15 is 0 Å². The predicted octanol–water partition coefficient (Wildman–Crippen LogP) is 0.598. The van der Waals surface area contributed by atoms with Gasteiger partial charge in [0, 0.05) is 0 Å². The molecule has 4 nitrogen and oxygen atoms in total. The number of aliphatic hydroxyl groups excluding tert-OH is 2. The molecule has 0 saturated carbocycles. The zero-order chi connectivity index (χ0) is 13.7. The van der Waals surface area contributed by atoms with E-state index in [1.807, 2.05) is 32.0 Å². The van der Waals surface area contributed by atoms with E-state index in [0.29, 0.717) is 0 Å². The minimum absolute atomic E-state index is 0.0257. The summed E-state index contributed by atoms with van der Waals surface area (Å²) in [5.41, 5.74) is 13.2. The zero-order valence-electron chi connectivity index (χ0n) is 11.1. The number of hydrogen-bond donors (Lipinski definition) is 4. The quantitative estimate of drug-likeness (QED) is 0.558. The lowest BCUT2D eigenvalue weighted by atomic mass is 9.94. The van der Waals surface area contributed by atoms with Crippen LogP contribution >= 0.6 is 0 Å². The molecule has 18 heavy (non-hydrogen) atoms. The molecule has 1 aromatic rings. The van der Waals surface area contributed by atoms with Gasteiger partial charge < -0.3 is 21.7 Å². The van der Waals surface area contributed by atoms with E-state index in [0.717, 1.165) is 24.0 Å². The molecule has 0 amide bonds. The van der Waals surface area contributed by atoms with Gasteiger partial charge in [0.2, 0.25) is 0 Å². The number of rotatable bonds is 6. The maximum Gasteiger partial charge on any atom is 0.105 e. The van der Waals surface area contributed by atoms with E-state index in [4.69, 9.17) is 11.5 Å². The monoisotopic (exact) mass is 252 g/mol. The van der Waals surface area contributed by atoms with E-state index < -0.39 is 12.5 Å². The van der Waals surface area contributed by atoms with Crippen molar-refractivity contribution in [3.05, 3.63) is 35.4 Å². The second kappa shape index (κ2) is 6.85. The van der Waals surface area contributed by atoms with Crippen molar-refractivity contribution >= 4 is 0 Å². The molecule has 0 aliphatic heterocycles. The lowest BCUT2D eigenvalue weighted by molar-refractivity contribution is 0.123. The van der Waals surface area contributed by atoms with Crippen LogP contribution in [0, 0.1) is 11.8 Å². The van der Waals surface area contributed by atoms with Crippen molar-refractivity contribution in [3.8, 4) is 0 Å². The highest BCUT2D eigenvalue weighted by Crippen LogP contribution is 2.15. The Bertz CT molecular complexity index is 335. The lowest BCUT2D eigenvalue weighted by Crippen LogP contribution is -2.29. The smallest absolute Gasteiger partial charge is 0.105 e. The van der Waals surface area contributed by atoms with Gasteiger partial charge in [-0.25, -0.2) is 0 Å². The van der Waals surface area contributed by atoms with Crippen molar-refractivity contribution in [2.45, 2.75) is 39.1 Å². The van der Waals surface area contributed by atoms with E-state index in [1.54, 1.807) is 0 Å². The standard InChI is InChI=1S/C14H24N2O2/c1-9(13(15)17)6-11-4-3-5-12(8-11)7-10(2)14(16)18/h3-5,8-10,13-14,17-18H,6-7,15-16H2,1-2H3/t9-,10+,13+,14-. The highest BCUT2D eigenvalue weighted by Gasteiger charge is 2.12. The maximum absolute atomic E-state index is 9.30. The van der Waals surface area contributed by atoms with Crippen LogP contribution in [0.4, 0.5) is 0 Å². The van der Waals surface area contributed by atoms with Crippen molar-refractivity contribution in [3.63, 3.8) is 0 Å². The number of aliphatic hydroxyl groups is 2. The van der Waals surface area contributed by atoms with Crippen LogP contribution in [0.25, 0.3) is 0 Å². The van der Waals surface area contributed by atoms with E-state index in [1.165, 1.54) is 0 Å². The second-order valence-electron chi connectivity index (χ2n) is 5.16. The summed E-state index contributed by atoms with van der Waals surface area (Å²) in [6.07, 6.45) is -0.104. The first-order valence-corrected chi connectivity index (χ1v) is 6.35. The van der Waals surface area contributed by atoms with E-state index in [9.17, 15) is 10.2 Å². The lowest BCUT2D eigenvalue weighted by Gasteiger charge is -2.17. The van der Waals surface area contributed by atoms with Gasteiger partial charge in [0.15, 0.2) is 0 Å². The van der Waals surface area contributed by atoms with Crippen LogP contribution in [0.3, 0.4) is 0 Å². The van der Waals surface area contributed by atoms with Gasteiger partial charge in [-0.15, -0.1) is 0 Å². The molecule has 1 aromatic carbocycles. The van der Waals surface area contributed by atoms with Gasteiger partial charge in [0.25, 0.3) is 0 Å². The molecular weight excluding hydrogens is 228 g/mol. The summed E-state index contributed by atoms with van der Waals surface area (Å²) in [5.74, 6) is 0.0514. The van der Waals surface area contributed by atoms with Gasteiger partial charge in [-0.1, -0.05) is 38.1 Å². The molecule has 0 unspecified atom stereocenters. The van der Waals surface area contributed by atoms with Gasteiger partial charge in [-0.3, -0.25) is 0 Å². The Labute approximate surface area is 109 Å². The SMILES string of the molecule is C[C@H](Cc1cccc(C[C@H](C)[C@H](N)O)c1)[C@@H](N)O. The third kappa shape index (κ3) is 4.74. The summed E-state index contributed by atoms with van der Waals surface area (Å²) in [4.78, 5) is 0. The van der Waals surface area contributed by atoms with Crippen LogP contribution in [0.5, 0.6) is 0 Å². The number of nitrogens with two attached hydrogens (primary N) is 2. The van der Waals surface area contributed by atoms with Crippen LogP contribution in [0.15, 0.2) is 24.3 Å². The van der Waals surface area contributed by atoms with Crippen molar-refractivity contribution in [1.29, 1.82) is 0 Å². The maximum atomic E-state index is 9.30. The van der Waals surface area contributed by atoms with Crippen molar-refractivity contribution in [1.82, 2.24) is 0 Å². The summed E-state index contributed by atoms with van der Waals surface area (Å²) in [5, 5.41) is 18.6. The number of hydrogen-bond acceptors (Lipinski definition) is 4. The largest absolute Gasteiger partial charge is 0.379 e. The fraction of sp³-hybridized carbons (Fsp3) is 0.571. The van der Waals surface area contributed by atoms with Crippen LogP contribution < -0.4 is 11.5 Å². The van der Waals surface area contributed by atoms with E-state index in [2.05, 4.69) is 6.07 Å². The molecule has 4 atom stereocenters. The Morgan fingerprint density at radius 1 is 0.944 bits per heavy atom. The minimum atomic E-state index is -0.793. The molecular formula is C14H24N2O2. The molecule has 0 fully saturated rings. The summed E-state index contributed by atoms with van der Waals surface area (Å²) < 4.78 is 0. The minimum Gasteiger partial charge on any atom is -0.379 e. The molecule has 1 rings (SSSR count). The normalized spacial score (nSPS) is 18.1. The van der Waals surface area contributed by atoms with Gasteiger partial charge in [-0.05, 0) is 35.8 Å². The molecule has 102 valence electrons. The highest BCUT2D eigenvalue weighted by molar-refractivity contribution is 5.24. The predicted molar refractivity (Wildman–Crippen MR) is 72.6 cm³/mol. The Hall–Kier alpha value is -0.940. The third-order valence-electron chi connectivity index (χ3n) is 3.27. The second-order valence-corrected chi connectivity index (χ2v) is 5.16. The highest BCUT2D eigenvalue weighted by atomic mass is 16.3. The third-order valence-corrected chi connectivity index (χ3v) is 3.27. The summed E-state index contributed by atoms with van der Waals surface area (Å²) in [6.45, 7) is 3.84. The van der Waals surface area contributed by atoms with Gasteiger partial charge in [0.05, 0.1) is 0 Å². The fourth-order valence-electron chi connectivity index (χ4n) is 1.87. The Balaban J connectivity index is 2.67. The Kier molecular flexibility index (Phi) is 5.75. The van der Waals surface area contributed by atoms with Crippen LogP contribution in [-0.4, -0.2) is 22.7 Å². The molecule has 6 N–H and O–H groups in total. The molecule has 0 radical (unpaired) electrons. The summed E-state index contributed by atoms with van der Waals surface area (Å²) >= 11 is 0. The first-order chi connectivity index (χ1) is 8.40. The average molecular weight is 252 g/mol. The van der Waals surface area contributed by atoms with Crippen molar-refractivity contribution in [2.24, 2.45) is 23.3 Å². The molecule has 0 bridgehead atoms. The molecule has 4 heteroatoms. The molecule has 0 aromatic heterocycles. The molecule has 0 heterocycles. The van der Waals surface area contributed by atoms with Gasteiger partial charge >= 0.3 is 0 Å². The van der Waals surface area contributed by atoms with Crippen LogP contribution in [0.2, 0.25) is 0 Å². The first-order valence-electron chi connectivity index (χ1n) is 6.35. The van der Waals surface area contributed by atoms with Crippen molar-refractivity contribution < 1.29 is 10.2 Å². The summed E-state index contributed by atoms with van der Waals surface area (Å²) in [7, 11) is 0. The van der Waals surface area contributed by atoms with Gasteiger partial charge in [0.1, 0.15) is 12.5 Å². The van der Waals surface area contributed by atoms with Gasteiger partial charge in [-0.2, -0.15) is 0 Å². The molecule has 0 aliphatic rings. The fourth-order valence-corrected chi connectivity index (χ4v) is 1.87. The average Bonchev–Trinajstić information content (AvgIpc) is 2.29. The Morgan fingerprint density at radius 2 is 1.33 bits per heavy atom.